The third-order valence-electron chi connectivity index (χ3n) is 3.29. The van der Waals surface area contributed by atoms with E-state index in [1.807, 2.05) is 25.5 Å². The average molecular weight is 281 g/mol. The SMILES string of the molecule is CCc1nn(C)c2c1[nH]c(=S)n2C(C)C(=O)N(C)C. The van der Waals surface area contributed by atoms with Crippen molar-refractivity contribution in [2.75, 3.05) is 14.1 Å². The van der Waals surface area contributed by atoms with Crippen molar-refractivity contribution in [2.45, 2.75) is 26.3 Å². The van der Waals surface area contributed by atoms with Crippen LogP contribution in [-0.4, -0.2) is 44.2 Å². The van der Waals surface area contributed by atoms with Crippen LogP contribution in [-0.2, 0) is 18.3 Å². The summed E-state index contributed by atoms with van der Waals surface area (Å²) >= 11 is 5.35. The van der Waals surface area contributed by atoms with E-state index in [-0.39, 0.29) is 11.9 Å². The van der Waals surface area contributed by atoms with Crippen LogP contribution < -0.4 is 0 Å². The molecule has 0 fully saturated rings. The molecule has 1 N–H and O–H groups in total. The molecule has 0 aliphatic heterocycles. The highest BCUT2D eigenvalue weighted by Gasteiger charge is 2.23. The highest BCUT2D eigenvalue weighted by molar-refractivity contribution is 7.71. The number of imidazole rings is 1. The molecule has 104 valence electrons. The van der Waals surface area contributed by atoms with E-state index >= 15 is 0 Å². The first kappa shape index (κ1) is 13.8. The van der Waals surface area contributed by atoms with E-state index < -0.39 is 0 Å². The van der Waals surface area contributed by atoms with Crippen LogP contribution in [0.2, 0.25) is 0 Å². The molecule has 2 aromatic rings. The standard InChI is InChI=1S/C12H19N5OS/c1-6-8-9-10(16(5)14-8)17(12(19)13-9)7(2)11(18)15(3)4/h7H,6H2,1-5H3,(H,13,19). The molecule has 0 aromatic carbocycles. The lowest BCUT2D eigenvalue weighted by atomic mass is 10.3. The number of H-pyrrole nitrogens is 1. The molecule has 1 atom stereocenters. The number of likely N-dealkylation sites (N-methyl/N-ethyl adjacent to an activating group) is 1. The van der Waals surface area contributed by atoms with Gasteiger partial charge >= 0.3 is 0 Å². The zero-order valence-electron chi connectivity index (χ0n) is 11.9. The largest absolute Gasteiger partial charge is 0.347 e. The van der Waals surface area contributed by atoms with E-state index in [0.717, 1.165) is 23.3 Å². The average Bonchev–Trinajstić information content (AvgIpc) is 2.84. The van der Waals surface area contributed by atoms with Crippen molar-refractivity contribution in [2.24, 2.45) is 7.05 Å². The number of amides is 1. The molecule has 0 spiro atoms. The van der Waals surface area contributed by atoms with Gasteiger partial charge in [0.05, 0.1) is 5.69 Å². The number of carbonyl (C=O) groups excluding carboxylic acids is 1. The van der Waals surface area contributed by atoms with Crippen molar-refractivity contribution >= 4 is 29.3 Å². The first-order valence-corrected chi connectivity index (χ1v) is 6.66. The third-order valence-corrected chi connectivity index (χ3v) is 3.59. The maximum absolute atomic E-state index is 12.1. The molecule has 0 aliphatic rings. The molecular formula is C12H19N5OS. The number of hydrogen-bond acceptors (Lipinski definition) is 3. The highest BCUT2D eigenvalue weighted by atomic mass is 32.1. The summed E-state index contributed by atoms with van der Waals surface area (Å²) in [5.41, 5.74) is 2.75. The van der Waals surface area contributed by atoms with Crippen LogP contribution in [0.5, 0.6) is 0 Å². The molecule has 0 aliphatic carbocycles. The molecular weight excluding hydrogens is 262 g/mol. The Bertz CT molecular complexity index is 678. The molecule has 1 amide bonds. The predicted molar refractivity (Wildman–Crippen MR) is 76.7 cm³/mol. The number of fused-ring (bicyclic) bond motifs is 1. The van der Waals surface area contributed by atoms with Crippen LogP contribution >= 0.6 is 12.2 Å². The Kier molecular flexibility index (Phi) is 3.49. The number of rotatable bonds is 3. The van der Waals surface area contributed by atoms with E-state index in [0.29, 0.717) is 4.77 Å². The fourth-order valence-corrected chi connectivity index (χ4v) is 2.67. The molecule has 0 radical (unpaired) electrons. The van der Waals surface area contributed by atoms with E-state index in [1.54, 1.807) is 23.7 Å². The number of nitrogens with one attached hydrogen (secondary N) is 1. The van der Waals surface area contributed by atoms with E-state index in [9.17, 15) is 4.79 Å². The topological polar surface area (TPSA) is 58.9 Å². The summed E-state index contributed by atoms with van der Waals surface area (Å²) in [6.45, 7) is 3.90. The van der Waals surface area contributed by atoms with Gasteiger partial charge in [0.15, 0.2) is 10.4 Å². The molecule has 0 bridgehead atoms. The smallest absolute Gasteiger partial charge is 0.244 e. The Balaban J connectivity index is 2.67. The van der Waals surface area contributed by atoms with Gasteiger partial charge in [0, 0.05) is 21.1 Å². The third kappa shape index (κ3) is 2.07. The van der Waals surface area contributed by atoms with Crippen molar-refractivity contribution in [3.8, 4) is 0 Å². The van der Waals surface area contributed by atoms with Gasteiger partial charge in [-0.3, -0.25) is 14.0 Å². The second-order valence-corrected chi connectivity index (χ2v) is 5.22. The van der Waals surface area contributed by atoms with E-state index in [4.69, 9.17) is 12.2 Å². The summed E-state index contributed by atoms with van der Waals surface area (Å²) in [6, 6.07) is -0.351. The van der Waals surface area contributed by atoms with E-state index in [2.05, 4.69) is 10.1 Å². The fourth-order valence-electron chi connectivity index (χ4n) is 2.33. The molecule has 0 saturated heterocycles. The van der Waals surface area contributed by atoms with Crippen LogP contribution in [0.3, 0.4) is 0 Å². The Morgan fingerprint density at radius 1 is 1.53 bits per heavy atom. The zero-order valence-corrected chi connectivity index (χ0v) is 12.7. The fraction of sp³-hybridized carbons (Fsp3) is 0.583. The lowest BCUT2D eigenvalue weighted by Gasteiger charge is -2.18. The second-order valence-electron chi connectivity index (χ2n) is 4.83. The van der Waals surface area contributed by atoms with Gasteiger partial charge < -0.3 is 9.88 Å². The van der Waals surface area contributed by atoms with Crippen molar-refractivity contribution in [1.29, 1.82) is 0 Å². The maximum atomic E-state index is 12.1. The molecule has 2 heterocycles. The Morgan fingerprint density at radius 3 is 2.68 bits per heavy atom. The van der Waals surface area contributed by atoms with Crippen LogP contribution in [0, 0.1) is 4.77 Å². The normalized spacial score (nSPS) is 12.9. The van der Waals surface area contributed by atoms with Crippen LogP contribution in [0.4, 0.5) is 0 Å². The quantitative estimate of drug-likeness (QED) is 0.870. The number of hydrogen-bond donors (Lipinski definition) is 1. The van der Waals surface area contributed by atoms with Gasteiger partial charge in [-0.2, -0.15) is 5.10 Å². The second kappa shape index (κ2) is 4.80. The lowest BCUT2D eigenvalue weighted by Crippen LogP contribution is -2.30. The molecule has 0 saturated carbocycles. The molecule has 2 aromatic heterocycles. The van der Waals surface area contributed by atoms with Gasteiger partial charge in [-0.1, -0.05) is 6.92 Å². The van der Waals surface area contributed by atoms with Crippen molar-refractivity contribution < 1.29 is 4.79 Å². The predicted octanol–water partition coefficient (Wildman–Crippen LogP) is 1.64. The molecule has 2 rings (SSSR count). The zero-order chi connectivity index (χ0) is 14.3. The molecule has 1 unspecified atom stereocenters. The number of nitrogens with zero attached hydrogens (tertiary/aromatic N) is 4. The number of carbonyl (C=O) groups is 1. The highest BCUT2D eigenvalue weighted by Crippen LogP contribution is 2.22. The Morgan fingerprint density at radius 2 is 2.16 bits per heavy atom. The summed E-state index contributed by atoms with van der Waals surface area (Å²) < 4.78 is 4.17. The maximum Gasteiger partial charge on any atom is 0.244 e. The first-order chi connectivity index (χ1) is 8.88. The van der Waals surface area contributed by atoms with Crippen LogP contribution in [0.25, 0.3) is 11.2 Å². The van der Waals surface area contributed by atoms with Crippen molar-refractivity contribution in [3.63, 3.8) is 0 Å². The van der Waals surface area contributed by atoms with Crippen molar-refractivity contribution in [3.05, 3.63) is 10.5 Å². The van der Waals surface area contributed by atoms with E-state index in [1.165, 1.54) is 0 Å². The minimum atomic E-state index is -0.351. The number of aryl methyl sites for hydroxylation is 2. The molecule has 7 heteroatoms. The Labute approximate surface area is 117 Å². The monoisotopic (exact) mass is 281 g/mol. The van der Waals surface area contributed by atoms with Crippen molar-refractivity contribution in [1.82, 2.24) is 24.2 Å². The summed E-state index contributed by atoms with van der Waals surface area (Å²) in [4.78, 5) is 16.9. The minimum absolute atomic E-state index is 0.0104. The molecule has 19 heavy (non-hydrogen) atoms. The van der Waals surface area contributed by atoms with Gasteiger partial charge in [-0.05, 0) is 25.6 Å². The summed E-state index contributed by atoms with van der Waals surface area (Å²) in [5.74, 6) is 0.0104. The van der Waals surface area contributed by atoms with Gasteiger partial charge in [0.25, 0.3) is 0 Å². The minimum Gasteiger partial charge on any atom is -0.347 e. The molecule has 6 nitrogen and oxygen atoms in total. The van der Waals surface area contributed by atoms with Gasteiger partial charge in [-0.15, -0.1) is 0 Å². The Hall–Kier alpha value is -1.63. The number of aromatic amines is 1. The summed E-state index contributed by atoms with van der Waals surface area (Å²) in [5, 5.41) is 4.45. The first-order valence-electron chi connectivity index (χ1n) is 6.25. The van der Waals surface area contributed by atoms with Gasteiger partial charge in [0.1, 0.15) is 11.6 Å². The van der Waals surface area contributed by atoms with Crippen LogP contribution in [0.1, 0.15) is 25.6 Å². The summed E-state index contributed by atoms with van der Waals surface area (Å²) in [6.07, 6.45) is 0.822. The van der Waals surface area contributed by atoms with Crippen LogP contribution in [0.15, 0.2) is 0 Å². The summed E-state index contributed by atoms with van der Waals surface area (Å²) in [7, 11) is 5.35. The lowest BCUT2D eigenvalue weighted by molar-refractivity contribution is -0.131. The van der Waals surface area contributed by atoms with Gasteiger partial charge in [-0.25, -0.2) is 0 Å². The number of aromatic nitrogens is 4. The van der Waals surface area contributed by atoms with Gasteiger partial charge in [0.2, 0.25) is 5.91 Å².